The quantitative estimate of drug-likeness (QED) is 0.0388. The summed E-state index contributed by atoms with van der Waals surface area (Å²) in [5, 5.41) is 11.3. The molecule has 0 rings (SSSR count). The molecule has 0 aromatic heterocycles. The van der Waals surface area contributed by atoms with E-state index in [4.69, 9.17) is 9.57 Å². The number of aliphatic hydroxyl groups excluding tert-OH is 1. The highest BCUT2D eigenvalue weighted by atomic mass is 16.7. The molecule has 0 spiro atoms. The summed E-state index contributed by atoms with van der Waals surface area (Å²) in [6.07, 6.45) is 37.2. The second-order valence-corrected chi connectivity index (χ2v) is 15.3. The number of hydrogen-bond acceptors (Lipinski definition) is 6. The van der Waals surface area contributed by atoms with Gasteiger partial charge in [0.25, 0.3) is 0 Å². The molecular weight excluding hydrogens is 622 g/mol. The maximum absolute atomic E-state index is 13.0. The van der Waals surface area contributed by atoms with Crippen LogP contribution in [0, 0.1) is 5.92 Å². The van der Waals surface area contributed by atoms with Crippen LogP contribution in [0.5, 0.6) is 0 Å². The molecule has 0 heterocycles. The van der Waals surface area contributed by atoms with E-state index in [0.29, 0.717) is 38.0 Å². The SMILES string of the molecule is CCCCCCCCC(CCCCCCCC)N(CCCCCC(=O)OCCCCCCCC(CCC)CCO)OC(=O)CCCCCCC. The van der Waals surface area contributed by atoms with Crippen molar-refractivity contribution in [1.82, 2.24) is 5.06 Å². The van der Waals surface area contributed by atoms with E-state index in [1.807, 2.05) is 0 Å². The number of carbonyl (C=O) groups excluding carboxylic acids is 2. The van der Waals surface area contributed by atoms with Crippen LogP contribution >= 0.6 is 0 Å². The van der Waals surface area contributed by atoms with Crippen LogP contribution in [0.15, 0.2) is 0 Å². The van der Waals surface area contributed by atoms with E-state index < -0.39 is 0 Å². The van der Waals surface area contributed by atoms with Crippen LogP contribution in [0.2, 0.25) is 0 Å². The minimum atomic E-state index is -0.0770. The number of ether oxygens (including phenoxy) is 1. The Labute approximate surface area is 311 Å². The fourth-order valence-electron chi connectivity index (χ4n) is 7.17. The third-order valence-electron chi connectivity index (χ3n) is 10.4. The van der Waals surface area contributed by atoms with Crippen LogP contribution in [0.1, 0.15) is 240 Å². The van der Waals surface area contributed by atoms with E-state index in [-0.39, 0.29) is 11.9 Å². The van der Waals surface area contributed by atoms with Crippen molar-refractivity contribution in [3.8, 4) is 0 Å². The monoisotopic (exact) mass is 710 g/mol. The summed E-state index contributed by atoms with van der Waals surface area (Å²) in [5.74, 6) is 0.529. The summed E-state index contributed by atoms with van der Waals surface area (Å²) in [6, 6.07) is 0.291. The topological polar surface area (TPSA) is 76.1 Å². The average molecular weight is 710 g/mol. The zero-order chi connectivity index (χ0) is 36.8. The Morgan fingerprint density at radius 2 is 0.940 bits per heavy atom. The zero-order valence-corrected chi connectivity index (χ0v) is 34.1. The van der Waals surface area contributed by atoms with Gasteiger partial charge in [-0.2, -0.15) is 0 Å². The molecule has 0 radical (unpaired) electrons. The number of hydroxylamine groups is 2. The lowest BCUT2D eigenvalue weighted by atomic mass is 9.93. The minimum Gasteiger partial charge on any atom is -0.466 e. The Hall–Kier alpha value is -1.14. The van der Waals surface area contributed by atoms with Crippen molar-refractivity contribution in [3.05, 3.63) is 0 Å². The standard InChI is InChI=1S/C44H87NO5/c1-5-9-12-15-20-25-33-42(34-26-21-16-13-10-6-2)45(50-44(48)36-27-18-14-11-7-3)38-29-23-28-35-43(47)49-40-30-22-17-19-24-32-41(31-8-4)37-39-46/h41-42,46H,5-40H2,1-4H3. The van der Waals surface area contributed by atoms with Crippen molar-refractivity contribution < 1.29 is 24.3 Å². The molecule has 6 heteroatoms. The zero-order valence-electron chi connectivity index (χ0n) is 34.1. The molecule has 1 atom stereocenters. The van der Waals surface area contributed by atoms with Gasteiger partial charge < -0.3 is 14.7 Å². The van der Waals surface area contributed by atoms with Gasteiger partial charge in [0, 0.05) is 32.0 Å². The normalized spacial score (nSPS) is 12.2. The van der Waals surface area contributed by atoms with Gasteiger partial charge in [-0.1, -0.05) is 182 Å². The predicted molar refractivity (Wildman–Crippen MR) is 213 cm³/mol. The molecule has 0 aromatic rings. The molecule has 0 aliphatic rings. The number of hydrogen-bond donors (Lipinski definition) is 1. The minimum absolute atomic E-state index is 0.0663. The number of nitrogens with zero attached hydrogens (tertiary/aromatic N) is 1. The molecule has 0 aliphatic heterocycles. The van der Waals surface area contributed by atoms with Gasteiger partial charge in [0.2, 0.25) is 0 Å². The van der Waals surface area contributed by atoms with Gasteiger partial charge in [0.15, 0.2) is 0 Å². The van der Waals surface area contributed by atoms with Gasteiger partial charge in [-0.25, -0.2) is 0 Å². The fraction of sp³-hybridized carbons (Fsp3) is 0.955. The first-order chi connectivity index (χ1) is 24.5. The second kappa shape index (κ2) is 39.1. The molecule has 1 unspecified atom stereocenters. The Morgan fingerprint density at radius 1 is 0.480 bits per heavy atom. The van der Waals surface area contributed by atoms with E-state index in [1.165, 1.54) is 135 Å². The predicted octanol–water partition coefficient (Wildman–Crippen LogP) is 13.2. The van der Waals surface area contributed by atoms with E-state index >= 15 is 0 Å². The van der Waals surface area contributed by atoms with E-state index in [2.05, 4.69) is 32.8 Å². The molecule has 298 valence electrons. The first-order valence-electron chi connectivity index (χ1n) is 22.3. The van der Waals surface area contributed by atoms with Crippen LogP contribution in [-0.2, 0) is 19.2 Å². The van der Waals surface area contributed by atoms with Gasteiger partial charge in [-0.05, 0) is 50.9 Å². The van der Waals surface area contributed by atoms with Gasteiger partial charge in [0.1, 0.15) is 0 Å². The summed E-state index contributed by atoms with van der Waals surface area (Å²) >= 11 is 0. The molecule has 0 aliphatic carbocycles. The molecule has 50 heavy (non-hydrogen) atoms. The van der Waals surface area contributed by atoms with Crippen molar-refractivity contribution in [3.63, 3.8) is 0 Å². The van der Waals surface area contributed by atoms with E-state index in [0.717, 1.165) is 70.8 Å². The van der Waals surface area contributed by atoms with Crippen LogP contribution in [0.3, 0.4) is 0 Å². The molecule has 0 saturated carbocycles. The maximum atomic E-state index is 13.0. The molecule has 0 fully saturated rings. The first-order valence-corrected chi connectivity index (χ1v) is 22.3. The maximum Gasteiger partial charge on any atom is 0.325 e. The molecular formula is C44H87NO5. The number of rotatable bonds is 40. The summed E-state index contributed by atoms with van der Waals surface area (Å²) in [5.41, 5.74) is 0. The van der Waals surface area contributed by atoms with Crippen molar-refractivity contribution in [2.24, 2.45) is 5.92 Å². The second-order valence-electron chi connectivity index (χ2n) is 15.3. The summed E-state index contributed by atoms with van der Waals surface area (Å²) in [7, 11) is 0. The van der Waals surface area contributed by atoms with Gasteiger partial charge in [-0.3, -0.25) is 9.59 Å². The molecule has 0 saturated heterocycles. The van der Waals surface area contributed by atoms with Crippen molar-refractivity contribution in [2.75, 3.05) is 19.8 Å². The highest BCUT2D eigenvalue weighted by Gasteiger charge is 2.22. The Bertz CT molecular complexity index is 695. The first kappa shape index (κ1) is 48.9. The lowest BCUT2D eigenvalue weighted by Crippen LogP contribution is -2.38. The Balaban J connectivity index is 4.71. The highest BCUT2D eigenvalue weighted by molar-refractivity contribution is 5.69. The van der Waals surface area contributed by atoms with Crippen LogP contribution < -0.4 is 0 Å². The summed E-state index contributed by atoms with van der Waals surface area (Å²) < 4.78 is 5.54. The third kappa shape index (κ3) is 32.7. The molecule has 0 bridgehead atoms. The third-order valence-corrected chi connectivity index (χ3v) is 10.4. The Morgan fingerprint density at radius 3 is 1.48 bits per heavy atom. The molecule has 0 aromatic carbocycles. The number of unbranched alkanes of at least 4 members (excludes halogenated alkanes) is 20. The van der Waals surface area contributed by atoms with Crippen LogP contribution in [0.25, 0.3) is 0 Å². The number of aliphatic hydroxyl groups is 1. The Kier molecular flexibility index (Phi) is 38.2. The number of carbonyl (C=O) groups is 2. The largest absolute Gasteiger partial charge is 0.466 e. The summed E-state index contributed by atoms with van der Waals surface area (Å²) in [4.78, 5) is 31.6. The summed E-state index contributed by atoms with van der Waals surface area (Å²) in [6.45, 7) is 10.6. The van der Waals surface area contributed by atoms with Crippen LogP contribution in [0.4, 0.5) is 0 Å². The van der Waals surface area contributed by atoms with Crippen LogP contribution in [-0.4, -0.2) is 47.9 Å². The lowest BCUT2D eigenvalue weighted by Gasteiger charge is -2.30. The molecule has 1 N–H and O–H groups in total. The smallest absolute Gasteiger partial charge is 0.325 e. The van der Waals surface area contributed by atoms with E-state index in [1.54, 1.807) is 0 Å². The average Bonchev–Trinajstić information content (AvgIpc) is 3.10. The van der Waals surface area contributed by atoms with Crippen molar-refractivity contribution in [2.45, 2.75) is 246 Å². The lowest BCUT2D eigenvalue weighted by molar-refractivity contribution is -0.204. The fourth-order valence-corrected chi connectivity index (χ4v) is 7.17. The van der Waals surface area contributed by atoms with E-state index in [9.17, 15) is 14.7 Å². The molecule has 0 amide bonds. The highest BCUT2D eigenvalue weighted by Crippen LogP contribution is 2.22. The van der Waals surface area contributed by atoms with Crippen molar-refractivity contribution >= 4 is 11.9 Å². The van der Waals surface area contributed by atoms with Gasteiger partial charge >= 0.3 is 11.9 Å². The van der Waals surface area contributed by atoms with Crippen molar-refractivity contribution in [1.29, 1.82) is 0 Å². The molecule has 6 nitrogen and oxygen atoms in total. The van der Waals surface area contributed by atoms with Gasteiger partial charge in [0.05, 0.1) is 6.61 Å². The van der Waals surface area contributed by atoms with Gasteiger partial charge in [-0.15, -0.1) is 5.06 Å². The number of esters is 1.